The second-order valence-corrected chi connectivity index (χ2v) is 12.2. The molecule has 0 bridgehead atoms. The van der Waals surface area contributed by atoms with Crippen LogP contribution in [0.25, 0.3) is 0 Å². The van der Waals surface area contributed by atoms with Crippen molar-refractivity contribution in [1.82, 2.24) is 20.1 Å². The number of benzene rings is 2. The van der Waals surface area contributed by atoms with Crippen LogP contribution in [-0.4, -0.2) is 65.0 Å². The normalized spacial score (nSPS) is 17.7. The van der Waals surface area contributed by atoms with E-state index in [1.54, 1.807) is 30.5 Å². The predicted octanol–water partition coefficient (Wildman–Crippen LogP) is 5.99. The molecule has 2 fully saturated rings. The highest BCUT2D eigenvalue weighted by Crippen LogP contribution is 2.37. The molecular formula is C34H38F3N5O2. The highest BCUT2D eigenvalue weighted by molar-refractivity contribution is 5.95. The molecule has 0 aliphatic carbocycles. The molecule has 2 N–H and O–H groups in total. The minimum Gasteiger partial charge on any atom is -0.348 e. The van der Waals surface area contributed by atoms with Gasteiger partial charge in [0.05, 0.1) is 11.1 Å². The number of rotatable bonds is 7. The number of carbonyl (C=O) groups excluding carboxylic acids is 2. The standard InChI is InChI=1S/C34H38F3N5O2/c1-23-19-27(31(43)40-21-25-5-9-28(10-6-25)34(35,36)37)22-39-30(23)33(2)13-17-41(18-14-33)29-11-15-42(16-12-29)32(44)26-7-3-24(20-38)4-8-26/h3-10,19-20,22,29,38H,11-18,21H2,1-2H3,(H,40,43). The van der Waals surface area contributed by atoms with Gasteiger partial charge >= 0.3 is 6.18 Å². The van der Waals surface area contributed by atoms with Gasteiger partial charge in [-0.05, 0) is 92.7 Å². The maximum absolute atomic E-state index is 13.0. The van der Waals surface area contributed by atoms with Crippen molar-refractivity contribution < 1.29 is 22.8 Å². The number of carbonyl (C=O) groups is 2. The van der Waals surface area contributed by atoms with Crippen molar-refractivity contribution in [3.63, 3.8) is 0 Å². The summed E-state index contributed by atoms with van der Waals surface area (Å²) in [6, 6.07) is 14.2. The molecule has 5 rings (SSSR count). The van der Waals surface area contributed by atoms with Gasteiger partial charge in [0.25, 0.3) is 11.8 Å². The molecular weight excluding hydrogens is 567 g/mol. The van der Waals surface area contributed by atoms with Crippen LogP contribution in [0.15, 0.2) is 60.8 Å². The Morgan fingerprint density at radius 2 is 1.64 bits per heavy atom. The molecule has 3 heterocycles. The lowest BCUT2D eigenvalue weighted by atomic mass is 9.75. The minimum atomic E-state index is -4.39. The average Bonchev–Trinajstić information content (AvgIpc) is 3.03. The van der Waals surface area contributed by atoms with Crippen molar-refractivity contribution in [1.29, 1.82) is 5.41 Å². The molecule has 2 amide bonds. The van der Waals surface area contributed by atoms with E-state index in [1.165, 1.54) is 18.3 Å². The SMILES string of the molecule is Cc1cc(C(=O)NCc2ccc(C(F)(F)F)cc2)cnc1C1(C)CCN(C2CCN(C(=O)c3ccc(C=N)cc3)CC2)CC1. The Morgan fingerprint density at radius 1 is 1.00 bits per heavy atom. The van der Waals surface area contributed by atoms with E-state index in [9.17, 15) is 22.8 Å². The molecule has 7 nitrogen and oxygen atoms in total. The average molecular weight is 606 g/mol. The van der Waals surface area contributed by atoms with Crippen LogP contribution >= 0.6 is 0 Å². The first kappa shape index (κ1) is 31.4. The Balaban J connectivity index is 1.12. The lowest BCUT2D eigenvalue weighted by Gasteiger charge is -2.45. The molecule has 2 saturated heterocycles. The highest BCUT2D eigenvalue weighted by Gasteiger charge is 2.37. The van der Waals surface area contributed by atoms with Crippen molar-refractivity contribution in [3.8, 4) is 0 Å². The highest BCUT2D eigenvalue weighted by atomic mass is 19.4. The second-order valence-electron chi connectivity index (χ2n) is 12.2. The van der Waals surface area contributed by atoms with Gasteiger partial charge in [-0.15, -0.1) is 0 Å². The summed E-state index contributed by atoms with van der Waals surface area (Å²) in [4.78, 5) is 34.9. The van der Waals surface area contributed by atoms with Crippen LogP contribution < -0.4 is 5.32 Å². The zero-order valence-electron chi connectivity index (χ0n) is 25.1. The molecule has 2 aromatic carbocycles. The van der Waals surface area contributed by atoms with Gasteiger partial charge in [0, 0.05) is 54.8 Å². The third kappa shape index (κ3) is 7.01. The van der Waals surface area contributed by atoms with Gasteiger partial charge in [0.15, 0.2) is 0 Å². The van der Waals surface area contributed by atoms with E-state index in [-0.39, 0.29) is 23.8 Å². The fraction of sp³-hybridized carbons (Fsp3) is 0.412. The Hall–Kier alpha value is -4.05. The Bertz CT molecular complexity index is 1490. The lowest BCUT2D eigenvalue weighted by molar-refractivity contribution is -0.137. The van der Waals surface area contributed by atoms with E-state index < -0.39 is 11.7 Å². The van der Waals surface area contributed by atoms with Gasteiger partial charge in [-0.25, -0.2) is 0 Å². The van der Waals surface area contributed by atoms with Crippen LogP contribution in [0.1, 0.15) is 81.3 Å². The molecule has 232 valence electrons. The third-order valence-electron chi connectivity index (χ3n) is 9.14. The first-order valence-corrected chi connectivity index (χ1v) is 15.0. The summed E-state index contributed by atoms with van der Waals surface area (Å²) >= 11 is 0. The zero-order valence-corrected chi connectivity index (χ0v) is 25.1. The number of nitrogens with zero attached hydrogens (tertiary/aromatic N) is 3. The van der Waals surface area contributed by atoms with Gasteiger partial charge < -0.3 is 20.5 Å². The molecule has 2 aliphatic heterocycles. The summed E-state index contributed by atoms with van der Waals surface area (Å²) in [5, 5.41) is 10.1. The summed E-state index contributed by atoms with van der Waals surface area (Å²) in [6.07, 6.45) is 2.23. The number of nitrogens with one attached hydrogen (secondary N) is 2. The van der Waals surface area contributed by atoms with Crippen LogP contribution in [0.5, 0.6) is 0 Å². The number of amides is 2. The number of hydrogen-bond donors (Lipinski definition) is 2. The number of likely N-dealkylation sites (tertiary alicyclic amines) is 2. The number of alkyl halides is 3. The van der Waals surface area contributed by atoms with E-state index >= 15 is 0 Å². The molecule has 0 spiro atoms. The number of halogens is 3. The molecule has 1 aromatic heterocycles. The molecule has 0 radical (unpaired) electrons. The van der Waals surface area contributed by atoms with Gasteiger partial charge in [0.2, 0.25) is 0 Å². The molecule has 3 aromatic rings. The van der Waals surface area contributed by atoms with Crippen molar-refractivity contribution in [2.75, 3.05) is 26.2 Å². The summed E-state index contributed by atoms with van der Waals surface area (Å²) in [6.45, 7) is 7.66. The van der Waals surface area contributed by atoms with Crippen molar-refractivity contribution in [2.45, 2.75) is 63.7 Å². The molecule has 0 saturated carbocycles. The monoisotopic (exact) mass is 605 g/mol. The first-order valence-electron chi connectivity index (χ1n) is 15.0. The van der Waals surface area contributed by atoms with Crippen LogP contribution in [-0.2, 0) is 18.1 Å². The maximum atomic E-state index is 13.0. The second kappa shape index (κ2) is 12.9. The Morgan fingerprint density at radius 3 is 2.20 bits per heavy atom. The van der Waals surface area contributed by atoms with Crippen LogP contribution in [0.2, 0.25) is 0 Å². The molecule has 0 unspecified atom stereocenters. The number of hydrogen-bond acceptors (Lipinski definition) is 5. The summed E-state index contributed by atoms with van der Waals surface area (Å²) in [5.74, 6) is -0.273. The van der Waals surface area contributed by atoms with Gasteiger partial charge in [-0.3, -0.25) is 14.6 Å². The van der Waals surface area contributed by atoms with E-state index in [1.807, 2.05) is 17.9 Å². The number of pyridine rings is 1. The fourth-order valence-electron chi connectivity index (χ4n) is 6.38. The van der Waals surface area contributed by atoms with Crippen LogP contribution in [0, 0.1) is 12.3 Å². The number of aromatic nitrogens is 1. The quantitative estimate of drug-likeness (QED) is 0.324. The molecule has 0 atom stereocenters. The van der Waals surface area contributed by atoms with Crippen molar-refractivity contribution in [2.24, 2.45) is 0 Å². The summed E-state index contributed by atoms with van der Waals surface area (Å²) in [7, 11) is 0. The van der Waals surface area contributed by atoms with Crippen LogP contribution in [0.3, 0.4) is 0 Å². The van der Waals surface area contributed by atoms with E-state index in [0.29, 0.717) is 22.7 Å². The van der Waals surface area contributed by atoms with Gasteiger partial charge in [-0.2, -0.15) is 13.2 Å². The third-order valence-corrected chi connectivity index (χ3v) is 9.14. The first-order chi connectivity index (χ1) is 21.0. The summed E-state index contributed by atoms with van der Waals surface area (Å²) < 4.78 is 38.4. The molecule has 44 heavy (non-hydrogen) atoms. The van der Waals surface area contributed by atoms with Gasteiger partial charge in [0.1, 0.15) is 0 Å². The van der Waals surface area contributed by atoms with E-state index in [2.05, 4.69) is 17.1 Å². The number of aryl methyl sites for hydroxylation is 1. The Labute approximate surface area is 256 Å². The zero-order chi connectivity index (χ0) is 31.5. The topological polar surface area (TPSA) is 89.4 Å². The van der Waals surface area contributed by atoms with Crippen molar-refractivity contribution in [3.05, 3.63) is 99.9 Å². The minimum absolute atomic E-state index is 0.0458. The number of piperidine rings is 2. The molecule has 10 heteroatoms. The van der Waals surface area contributed by atoms with E-state index in [0.717, 1.165) is 80.8 Å². The predicted molar refractivity (Wildman–Crippen MR) is 163 cm³/mol. The maximum Gasteiger partial charge on any atom is 0.416 e. The fourth-order valence-corrected chi connectivity index (χ4v) is 6.38. The van der Waals surface area contributed by atoms with Gasteiger partial charge in [-0.1, -0.05) is 31.2 Å². The van der Waals surface area contributed by atoms with Crippen LogP contribution in [0.4, 0.5) is 13.2 Å². The van der Waals surface area contributed by atoms with Crippen molar-refractivity contribution >= 4 is 18.0 Å². The molecule has 2 aliphatic rings. The largest absolute Gasteiger partial charge is 0.416 e. The van der Waals surface area contributed by atoms with E-state index in [4.69, 9.17) is 10.4 Å². The summed E-state index contributed by atoms with van der Waals surface area (Å²) in [5.41, 5.74) is 3.55. The smallest absolute Gasteiger partial charge is 0.348 e. The Kier molecular flexibility index (Phi) is 9.20. The lowest BCUT2D eigenvalue weighted by Crippen LogP contribution is -2.51.